The van der Waals surface area contributed by atoms with E-state index in [2.05, 4.69) is 19.9 Å². The van der Waals surface area contributed by atoms with Gasteiger partial charge in [-0.05, 0) is 37.1 Å². The molecule has 0 saturated carbocycles. The first-order valence-corrected chi connectivity index (χ1v) is 9.40. The molecule has 0 unspecified atom stereocenters. The Labute approximate surface area is 164 Å². The van der Waals surface area contributed by atoms with Crippen LogP contribution in [0.4, 0.5) is 11.8 Å². The number of benzene rings is 1. The minimum Gasteiger partial charge on any atom is -0.368 e. The number of Topliss-reactive ketones (excluding diaryl/α,β-unsaturated/α-hetero) is 1. The van der Waals surface area contributed by atoms with Gasteiger partial charge in [-0.3, -0.25) is 4.79 Å². The minimum absolute atomic E-state index is 0.0315. The highest BCUT2D eigenvalue weighted by atomic mass is 16.1. The number of hydrogen-bond donors (Lipinski definition) is 1. The summed E-state index contributed by atoms with van der Waals surface area (Å²) in [4.78, 5) is 28.1. The average Bonchev–Trinajstić information content (AvgIpc) is 2.67. The molecular formula is C22H23N5O. The lowest BCUT2D eigenvalue weighted by molar-refractivity contribution is 0.0988. The molecule has 2 N–H and O–H groups in total. The topological polar surface area (TPSA) is 85.0 Å². The van der Waals surface area contributed by atoms with Gasteiger partial charge in [-0.2, -0.15) is 0 Å². The quantitative estimate of drug-likeness (QED) is 0.708. The number of pyridine rings is 1. The van der Waals surface area contributed by atoms with Crippen molar-refractivity contribution in [2.24, 2.45) is 0 Å². The summed E-state index contributed by atoms with van der Waals surface area (Å²) in [7, 11) is 0. The van der Waals surface area contributed by atoms with E-state index in [1.165, 1.54) is 0 Å². The van der Waals surface area contributed by atoms with Crippen molar-refractivity contribution in [3.8, 4) is 0 Å². The number of carbonyl (C=O) groups is 1. The molecule has 0 aliphatic carbocycles. The van der Waals surface area contributed by atoms with Crippen LogP contribution in [0.5, 0.6) is 0 Å². The Morgan fingerprint density at radius 2 is 2.00 bits per heavy atom. The molecule has 3 heterocycles. The number of fused-ring (bicyclic) bond motifs is 1. The number of aryl methyl sites for hydroxylation is 2. The normalized spacial score (nSPS) is 13.3. The molecule has 1 aliphatic rings. The zero-order valence-electron chi connectivity index (χ0n) is 16.1. The molecule has 6 nitrogen and oxygen atoms in total. The van der Waals surface area contributed by atoms with Crippen LogP contribution >= 0.6 is 0 Å². The Kier molecular flexibility index (Phi) is 4.77. The van der Waals surface area contributed by atoms with Crippen molar-refractivity contribution in [3.05, 3.63) is 76.2 Å². The molecule has 0 radical (unpaired) electrons. The number of hydrogen-bond acceptors (Lipinski definition) is 6. The number of carbonyl (C=O) groups excluding carboxylic acids is 1. The molecule has 6 heteroatoms. The van der Waals surface area contributed by atoms with Gasteiger partial charge in [0.05, 0.1) is 5.69 Å². The first-order valence-electron chi connectivity index (χ1n) is 9.40. The third-order valence-corrected chi connectivity index (χ3v) is 4.97. The molecule has 142 valence electrons. The van der Waals surface area contributed by atoms with E-state index >= 15 is 0 Å². The number of ketones is 1. The van der Waals surface area contributed by atoms with Crippen LogP contribution in [-0.4, -0.2) is 27.3 Å². The van der Waals surface area contributed by atoms with E-state index in [0.717, 1.165) is 46.7 Å². The number of aromatic nitrogens is 3. The van der Waals surface area contributed by atoms with Crippen LogP contribution in [0.15, 0.2) is 42.6 Å². The number of nitrogens with two attached hydrogens (primary N) is 1. The van der Waals surface area contributed by atoms with E-state index in [4.69, 9.17) is 5.73 Å². The molecule has 2 aromatic heterocycles. The van der Waals surface area contributed by atoms with E-state index in [0.29, 0.717) is 24.6 Å². The van der Waals surface area contributed by atoms with Gasteiger partial charge in [0.15, 0.2) is 5.78 Å². The number of rotatable bonds is 4. The van der Waals surface area contributed by atoms with Gasteiger partial charge in [-0.15, -0.1) is 0 Å². The highest BCUT2D eigenvalue weighted by molar-refractivity contribution is 5.96. The van der Waals surface area contributed by atoms with Gasteiger partial charge < -0.3 is 10.6 Å². The van der Waals surface area contributed by atoms with Crippen molar-refractivity contribution in [2.45, 2.75) is 33.2 Å². The highest BCUT2D eigenvalue weighted by Gasteiger charge is 2.21. The van der Waals surface area contributed by atoms with Crippen LogP contribution in [0.1, 0.15) is 38.4 Å². The lowest BCUT2D eigenvalue weighted by Crippen LogP contribution is -2.32. The predicted molar refractivity (Wildman–Crippen MR) is 109 cm³/mol. The second kappa shape index (κ2) is 7.38. The highest BCUT2D eigenvalue weighted by Crippen LogP contribution is 2.24. The summed E-state index contributed by atoms with van der Waals surface area (Å²) in [6.07, 6.45) is 2.92. The maximum Gasteiger partial charge on any atom is 0.220 e. The van der Waals surface area contributed by atoms with Crippen LogP contribution < -0.4 is 10.6 Å². The zero-order valence-corrected chi connectivity index (χ0v) is 16.1. The molecule has 28 heavy (non-hydrogen) atoms. The van der Waals surface area contributed by atoms with Crippen molar-refractivity contribution >= 4 is 17.5 Å². The molecule has 0 spiro atoms. The maximum atomic E-state index is 12.8. The van der Waals surface area contributed by atoms with Crippen LogP contribution in [0.3, 0.4) is 0 Å². The Hall–Kier alpha value is -3.28. The molecule has 0 bridgehead atoms. The Bertz CT molecular complexity index is 1050. The molecule has 0 amide bonds. The minimum atomic E-state index is 0.0315. The smallest absolute Gasteiger partial charge is 0.220 e. The Balaban J connectivity index is 1.57. The molecule has 1 aliphatic heterocycles. The van der Waals surface area contributed by atoms with Gasteiger partial charge in [0, 0.05) is 37.7 Å². The third-order valence-electron chi connectivity index (χ3n) is 4.97. The molecule has 0 saturated heterocycles. The summed E-state index contributed by atoms with van der Waals surface area (Å²) in [5.74, 6) is 1.16. The van der Waals surface area contributed by atoms with Gasteiger partial charge in [-0.25, -0.2) is 15.0 Å². The Morgan fingerprint density at radius 1 is 1.14 bits per heavy atom. The van der Waals surface area contributed by atoms with Crippen LogP contribution in [-0.2, 0) is 19.4 Å². The van der Waals surface area contributed by atoms with E-state index < -0.39 is 0 Å². The summed E-state index contributed by atoms with van der Waals surface area (Å²) in [6, 6.07) is 11.9. The lowest BCUT2D eigenvalue weighted by atomic mass is 10.0. The van der Waals surface area contributed by atoms with Crippen molar-refractivity contribution in [2.75, 3.05) is 17.2 Å². The largest absolute Gasteiger partial charge is 0.368 e. The molecule has 3 aromatic rings. The summed E-state index contributed by atoms with van der Waals surface area (Å²) < 4.78 is 0. The van der Waals surface area contributed by atoms with E-state index in [1.807, 2.05) is 50.2 Å². The SMILES string of the molecule is Cc1cccc(CC(=O)c2cc(C)cc(N3CCc4nc(N)ncc4C3)n2)c1. The first kappa shape index (κ1) is 18.1. The van der Waals surface area contributed by atoms with Gasteiger partial charge in [0.2, 0.25) is 5.95 Å². The zero-order chi connectivity index (χ0) is 19.7. The van der Waals surface area contributed by atoms with Crippen molar-refractivity contribution in [1.29, 1.82) is 0 Å². The van der Waals surface area contributed by atoms with E-state index in [9.17, 15) is 4.79 Å². The second-order valence-electron chi connectivity index (χ2n) is 7.35. The van der Waals surface area contributed by atoms with Crippen LogP contribution in [0.25, 0.3) is 0 Å². The van der Waals surface area contributed by atoms with E-state index in [1.54, 1.807) is 6.20 Å². The number of nitrogens with zero attached hydrogens (tertiary/aromatic N) is 4. The van der Waals surface area contributed by atoms with Gasteiger partial charge in [-0.1, -0.05) is 29.8 Å². The van der Waals surface area contributed by atoms with Crippen molar-refractivity contribution in [1.82, 2.24) is 15.0 Å². The third kappa shape index (κ3) is 3.86. The lowest BCUT2D eigenvalue weighted by Gasteiger charge is -2.29. The molecular weight excluding hydrogens is 350 g/mol. The van der Waals surface area contributed by atoms with Crippen molar-refractivity contribution < 1.29 is 4.79 Å². The van der Waals surface area contributed by atoms with Gasteiger partial charge in [0.25, 0.3) is 0 Å². The molecule has 0 fully saturated rings. The maximum absolute atomic E-state index is 12.8. The predicted octanol–water partition coefficient (Wildman–Crippen LogP) is 3.06. The number of nitrogen functional groups attached to an aromatic ring is 1. The van der Waals surface area contributed by atoms with Crippen LogP contribution in [0, 0.1) is 13.8 Å². The standard InChI is InChI=1S/C22H23N5O/c1-14-4-3-5-16(8-14)11-20(28)19-9-15(2)10-21(25-19)27-7-6-18-17(13-27)12-24-22(23)26-18/h3-5,8-10,12H,6-7,11,13H2,1-2H3,(H2,23,24,26). The van der Waals surface area contributed by atoms with Crippen molar-refractivity contribution in [3.63, 3.8) is 0 Å². The van der Waals surface area contributed by atoms with E-state index in [-0.39, 0.29) is 5.78 Å². The van der Waals surface area contributed by atoms with Crippen LogP contribution in [0.2, 0.25) is 0 Å². The summed E-state index contributed by atoms with van der Waals surface area (Å²) >= 11 is 0. The Morgan fingerprint density at radius 3 is 2.82 bits per heavy atom. The molecule has 0 atom stereocenters. The number of anilines is 2. The first-order chi connectivity index (χ1) is 13.5. The molecule has 1 aromatic carbocycles. The fraction of sp³-hybridized carbons (Fsp3) is 0.273. The fourth-order valence-corrected chi connectivity index (χ4v) is 3.58. The second-order valence-corrected chi connectivity index (χ2v) is 7.35. The monoisotopic (exact) mass is 373 g/mol. The van der Waals surface area contributed by atoms with Gasteiger partial charge in [0.1, 0.15) is 11.5 Å². The molecule has 4 rings (SSSR count). The summed E-state index contributed by atoms with van der Waals surface area (Å²) in [6.45, 7) is 5.47. The summed E-state index contributed by atoms with van der Waals surface area (Å²) in [5, 5.41) is 0. The summed E-state index contributed by atoms with van der Waals surface area (Å²) in [5.41, 5.74) is 11.4. The fourth-order valence-electron chi connectivity index (χ4n) is 3.58. The average molecular weight is 373 g/mol. The van der Waals surface area contributed by atoms with Gasteiger partial charge >= 0.3 is 0 Å².